The number of thiazole rings is 1. The van der Waals surface area contributed by atoms with E-state index in [2.05, 4.69) is 10.3 Å². The minimum Gasteiger partial charge on any atom is -0.396 e. The second-order valence-corrected chi connectivity index (χ2v) is 6.82. The summed E-state index contributed by atoms with van der Waals surface area (Å²) < 4.78 is 1.86. The minimum atomic E-state index is -0.117. The molecule has 0 radical (unpaired) electrons. The van der Waals surface area contributed by atoms with Crippen molar-refractivity contribution in [3.8, 4) is 0 Å². The van der Waals surface area contributed by atoms with Crippen molar-refractivity contribution in [1.82, 2.24) is 14.7 Å². The lowest BCUT2D eigenvalue weighted by molar-refractivity contribution is -0.117. The van der Waals surface area contributed by atoms with Crippen LogP contribution in [0.3, 0.4) is 0 Å². The zero-order valence-electron chi connectivity index (χ0n) is 12.0. The van der Waals surface area contributed by atoms with Gasteiger partial charge in [-0.25, -0.2) is 4.98 Å². The Hall–Kier alpha value is -1.37. The molecular formula is C15H18ClN3O2S. The third-order valence-corrected chi connectivity index (χ3v) is 5.13. The third-order valence-electron chi connectivity index (χ3n) is 4.10. The largest absolute Gasteiger partial charge is 0.396 e. The molecule has 118 valence electrons. The fraction of sp³-hybridized carbons (Fsp3) is 0.467. The number of aliphatic hydroxyl groups excluding tert-OH is 1. The monoisotopic (exact) mass is 339 g/mol. The van der Waals surface area contributed by atoms with Crippen LogP contribution < -0.4 is 5.32 Å². The van der Waals surface area contributed by atoms with Gasteiger partial charge in [0.1, 0.15) is 0 Å². The first-order valence-corrected chi connectivity index (χ1v) is 8.63. The van der Waals surface area contributed by atoms with Crippen LogP contribution in [-0.4, -0.2) is 33.0 Å². The fourth-order valence-corrected chi connectivity index (χ4v) is 3.82. The van der Waals surface area contributed by atoms with E-state index < -0.39 is 0 Å². The highest BCUT2D eigenvalue weighted by molar-refractivity contribution is 7.15. The van der Waals surface area contributed by atoms with Crippen molar-refractivity contribution in [2.45, 2.75) is 31.7 Å². The van der Waals surface area contributed by atoms with Crippen LogP contribution in [-0.2, 0) is 4.79 Å². The second kappa shape index (κ2) is 6.81. The number of rotatable bonds is 4. The van der Waals surface area contributed by atoms with Crippen molar-refractivity contribution in [3.63, 3.8) is 0 Å². The molecule has 2 aromatic rings. The molecule has 0 spiro atoms. The molecule has 22 heavy (non-hydrogen) atoms. The van der Waals surface area contributed by atoms with Crippen molar-refractivity contribution in [2.75, 3.05) is 6.61 Å². The Morgan fingerprint density at radius 3 is 3.00 bits per heavy atom. The summed E-state index contributed by atoms with van der Waals surface area (Å²) in [6, 6.07) is 0.196. The van der Waals surface area contributed by atoms with E-state index in [9.17, 15) is 4.79 Å². The maximum atomic E-state index is 12.0. The summed E-state index contributed by atoms with van der Waals surface area (Å²) in [6.07, 6.45) is 8.87. The summed E-state index contributed by atoms with van der Waals surface area (Å²) in [7, 11) is 0. The van der Waals surface area contributed by atoms with Gasteiger partial charge in [-0.15, -0.1) is 11.3 Å². The van der Waals surface area contributed by atoms with E-state index in [1.165, 1.54) is 17.4 Å². The van der Waals surface area contributed by atoms with Crippen LogP contribution in [0.25, 0.3) is 11.0 Å². The van der Waals surface area contributed by atoms with Gasteiger partial charge in [0.05, 0.1) is 5.69 Å². The highest BCUT2D eigenvalue weighted by atomic mass is 35.5. The maximum Gasteiger partial charge on any atom is 0.244 e. The van der Waals surface area contributed by atoms with E-state index in [4.69, 9.17) is 16.7 Å². The molecule has 1 fully saturated rings. The van der Waals surface area contributed by atoms with E-state index in [0.29, 0.717) is 11.1 Å². The Bertz CT molecular complexity index is 686. The summed E-state index contributed by atoms with van der Waals surface area (Å²) in [5.41, 5.74) is 0.719. The first kappa shape index (κ1) is 15.5. The standard InChI is InChI=1S/C15H18ClN3O2S/c16-14-12(19-7-8-22-15(19)18-14)5-6-13(21)17-11-3-1-10(9-20)2-4-11/h5-8,10-11,20H,1-4,9H2,(H,17,21)/b6-5+. The molecule has 7 heteroatoms. The summed E-state index contributed by atoms with van der Waals surface area (Å²) in [4.78, 5) is 17.1. The SMILES string of the molecule is O=C(/C=C/c1c(Cl)nc2sccn12)NC1CCC(CO)CC1. The topological polar surface area (TPSA) is 66.6 Å². The lowest BCUT2D eigenvalue weighted by Crippen LogP contribution is -2.37. The average Bonchev–Trinajstić information content (AvgIpc) is 3.07. The quantitative estimate of drug-likeness (QED) is 0.842. The molecule has 0 saturated heterocycles. The molecule has 1 amide bonds. The number of amides is 1. The average molecular weight is 340 g/mol. The van der Waals surface area contributed by atoms with Gasteiger partial charge in [-0.3, -0.25) is 9.20 Å². The lowest BCUT2D eigenvalue weighted by atomic mass is 9.86. The molecule has 0 aromatic carbocycles. The molecule has 5 nitrogen and oxygen atoms in total. The first-order valence-electron chi connectivity index (χ1n) is 7.38. The Morgan fingerprint density at radius 1 is 1.50 bits per heavy atom. The van der Waals surface area contributed by atoms with E-state index in [1.807, 2.05) is 16.0 Å². The van der Waals surface area contributed by atoms with Crippen LogP contribution >= 0.6 is 22.9 Å². The second-order valence-electron chi connectivity index (χ2n) is 5.59. The molecule has 0 unspecified atom stereocenters. The molecule has 0 aliphatic heterocycles. The van der Waals surface area contributed by atoms with Crippen LogP contribution in [0.5, 0.6) is 0 Å². The summed E-state index contributed by atoms with van der Waals surface area (Å²) >= 11 is 7.58. The fourth-order valence-electron chi connectivity index (χ4n) is 2.82. The van der Waals surface area contributed by atoms with Crippen LogP contribution in [0.4, 0.5) is 0 Å². The van der Waals surface area contributed by atoms with Gasteiger partial charge in [0.25, 0.3) is 0 Å². The molecule has 0 atom stereocenters. The molecule has 3 rings (SSSR count). The number of nitrogens with one attached hydrogen (secondary N) is 1. The van der Waals surface area contributed by atoms with E-state index >= 15 is 0 Å². The van der Waals surface area contributed by atoms with E-state index in [1.54, 1.807) is 6.08 Å². The molecule has 0 bridgehead atoms. The third kappa shape index (κ3) is 3.34. The molecule has 2 N–H and O–H groups in total. The number of nitrogens with zero attached hydrogens (tertiary/aromatic N) is 2. The normalized spacial score (nSPS) is 22.5. The molecular weight excluding hydrogens is 322 g/mol. The van der Waals surface area contributed by atoms with Gasteiger partial charge in [-0.1, -0.05) is 11.6 Å². The van der Waals surface area contributed by atoms with Crippen LogP contribution in [0.2, 0.25) is 5.15 Å². The van der Waals surface area contributed by atoms with Gasteiger partial charge in [0.2, 0.25) is 5.91 Å². The Kier molecular flexibility index (Phi) is 4.81. The molecule has 1 saturated carbocycles. The minimum absolute atomic E-state index is 0.117. The van der Waals surface area contributed by atoms with Crippen molar-refractivity contribution in [2.24, 2.45) is 5.92 Å². The number of aromatic nitrogens is 2. The Labute approximate surface area is 137 Å². The van der Waals surface area contributed by atoms with Crippen molar-refractivity contribution >= 4 is 39.9 Å². The summed E-state index contributed by atoms with van der Waals surface area (Å²) in [6.45, 7) is 0.247. The number of aliphatic hydroxyl groups is 1. The van der Waals surface area contributed by atoms with Crippen LogP contribution in [0.1, 0.15) is 31.4 Å². The van der Waals surface area contributed by atoms with E-state index in [-0.39, 0.29) is 18.6 Å². The number of halogens is 1. The Balaban J connectivity index is 1.60. The lowest BCUT2D eigenvalue weighted by Gasteiger charge is -2.27. The summed E-state index contributed by atoms with van der Waals surface area (Å²) in [5, 5.41) is 14.5. The zero-order chi connectivity index (χ0) is 15.5. The Morgan fingerprint density at radius 2 is 2.27 bits per heavy atom. The zero-order valence-corrected chi connectivity index (χ0v) is 13.6. The van der Waals surface area contributed by atoms with Gasteiger partial charge in [0.15, 0.2) is 10.1 Å². The van der Waals surface area contributed by atoms with Gasteiger partial charge in [-0.2, -0.15) is 0 Å². The smallest absolute Gasteiger partial charge is 0.244 e. The first-order chi connectivity index (χ1) is 10.7. The molecule has 1 aliphatic carbocycles. The van der Waals surface area contributed by atoms with Crippen LogP contribution in [0.15, 0.2) is 17.7 Å². The predicted octanol–water partition coefficient (Wildman–Crippen LogP) is 2.73. The van der Waals surface area contributed by atoms with Gasteiger partial charge in [0, 0.05) is 30.3 Å². The highest BCUT2D eigenvalue weighted by Gasteiger charge is 2.21. The molecule has 2 heterocycles. The van der Waals surface area contributed by atoms with Crippen LogP contribution in [0, 0.1) is 5.92 Å². The van der Waals surface area contributed by atoms with Crippen molar-refractivity contribution < 1.29 is 9.90 Å². The number of carbonyl (C=O) groups is 1. The number of imidazole rings is 1. The highest BCUT2D eigenvalue weighted by Crippen LogP contribution is 2.24. The van der Waals surface area contributed by atoms with Crippen molar-refractivity contribution in [3.05, 3.63) is 28.5 Å². The van der Waals surface area contributed by atoms with Gasteiger partial charge in [-0.05, 0) is 37.7 Å². The maximum absolute atomic E-state index is 12.0. The predicted molar refractivity (Wildman–Crippen MR) is 88.1 cm³/mol. The van der Waals surface area contributed by atoms with Crippen molar-refractivity contribution in [1.29, 1.82) is 0 Å². The molecule has 2 aromatic heterocycles. The number of fused-ring (bicyclic) bond motifs is 1. The number of carbonyl (C=O) groups excluding carboxylic acids is 1. The number of hydrogen-bond donors (Lipinski definition) is 2. The van der Waals surface area contributed by atoms with Gasteiger partial charge < -0.3 is 10.4 Å². The summed E-state index contributed by atoms with van der Waals surface area (Å²) in [5.74, 6) is 0.273. The number of hydrogen-bond acceptors (Lipinski definition) is 4. The van der Waals surface area contributed by atoms with E-state index in [0.717, 1.165) is 36.3 Å². The van der Waals surface area contributed by atoms with Gasteiger partial charge >= 0.3 is 0 Å². The molecule has 1 aliphatic rings.